The largest absolute Gasteiger partial charge is 0.493 e. The lowest BCUT2D eigenvalue weighted by atomic mass is 10.2. The number of benzene rings is 1. The normalized spacial score (nSPS) is 9.78. The Balaban J connectivity index is 2.76. The first-order chi connectivity index (χ1) is 8.62. The van der Waals surface area contributed by atoms with E-state index < -0.39 is 0 Å². The average molecular weight is 253 g/mol. The van der Waals surface area contributed by atoms with E-state index in [0.717, 1.165) is 5.56 Å². The smallest absolute Gasteiger partial charge is 0.409 e. The molecule has 5 heteroatoms. The van der Waals surface area contributed by atoms with Crippen LogP contribution in [0.1, 0.15) is 12.5 Å². The minimum Gasteiger partial charge on any atom is -0.493 e. The van der Waals surface area contributed by atoms with Crippen LogP contribution < -0.4 is 9.47 Å². The van der Waals surface area contributed by atoms with Crippen molar-refractivity contribution in [2.45, 2.75) is 13.5 Å². The molecule has 0 aromatic heterocycles. The molecule has 0 heterocycles. The number of ether oxygens (including phenoxy) is 3. The summed E-state index contributed by atoms with van der Waals surface area (Å²) in [5, 5.41) is 0. The second kappa shape index (κ2) is 6.74. The van der Waals surface area contributed by atoms with Crippen molar-refractivity contribution < 1.29 is 19.0 Å². The first-order valence-corrected chi connectivity index (χ1v) is 5.71. The summed E-state index contributed by atoms with van der Waals surface area (Å²) in [7, 11) is 4.85. The molecular formula is C13H19NO4. The van der Waals surface area contributed by atoms with Crippen molar-refractivity contribution in [1.82, 2.24) is 4.90 Å². The molecule has 0 radical (unpaired) electrons. The lowest BCUT2D eigenvalue weighted by Gasteiger charge is -2.17. The molecule has 0 aliphatic heterocycles. The van der Waals surface area contributed by atoms with Crippen molar-refractivity contribution in [2.24, 2.45) is 0 Å². The number of nitrogens with zero attached hydrogens (tertiary/aromatic N) is 1. The van der Waals surface area contributed by atoms with Gasteiger partial charge in [0.1, 0.15) is 0 Å². The number of amides is 1. The van der Waals surface area contributed by atoms with Crippen LogP contribution in [0.25, 0.3) is 0 Å². The lowest BCUT2D eigenvalue weighted by molar-refractivity contribution is 0.114. The molecule has 0 aliphatic carbocycles. The Kier molecular flexibility index (Phi) is 5.30. The van der Waals surface area contributed by atoms with Crippen molar-refractivity contribution >= 4 is 6.09 Å². The van der Waals surface area contributed by atoms with Crippen molar-refractivity contribution in [3.05, 3.63) is 23.8 Å². The summed E-state index contributed by atoms with van der Waals surface area (Å²) in [4.78, 5) is 13.0. The summed E-state index contributed by atoms with van der Waals surface area (Å²) >= 11 is 0. The predicted octanol–water partition coefficient (Wildman–Crippen LogP) is 2.29. The zero-order valence-electron chi connectivity index (χ0n) is 11.2. The SMILES string of the molecule is CCOC(=O)N(C)Cc1ccc(OC)c(OC)c1. The van der Waals surface area contributed by atoms with Crippen LogP contribution in [0.2, 0.25) is 0 Å². The van der Waals surface area contributed by atoms with Gasteiger partial charge in [0.2, 0.25) is 0 Å². The summed E-state index contributed by atoms with van der Waals surface area (Å²) < 4.78 is 15.3. The van der Waals surface area contributed by atoms with E-state index >= 15 is 0 Å². The van der Waals surface area contributed by atoms with Crippen LogP contribution in [0, 0.1) is 0 Å². The molecule has 100 valence electrons. The van der Waals surface area contributed by atoms with Crippen molar-refractivity contribution in [1.29, 1.82) is 0 Å². The predicted molar refractivity (Wildman–Crippen MR) is 68.0 cm³/mol. The summed E-state index contributed by atoms with van der Waals surface area (Å²) in [6.45, 7) is 2.61. The van der Waals surface area contributed by atoms with Crippen molar-refractivity contribution in [3.63, 3.8) is 0 Å². The van der Waals surface area contributed by atoms with Gasteiger partial charge in [0, 0.05) is 13.6 Å². The highest BCUT2D eigenvalue weighted by Gasteiger charge is 2.11. The van der Waals surface area contributed by atoms with Crippen LogP contribution >= 0.6 is 0 Å². The molecule has 0 aliphatic rings. The van der Waals surface area contributed by atoms with Gasteiger partial charge in [-0.15, -0.1) is 0 Å². The summed E-state index contributed by atoms with van der Waals surface area (Å²) in [6, 6.07) is 5.54. The number of carbonyl (C=O) groups excluding carboxylic acids is 1. The standard InChI is InChI=1S/C13H19NO4/c1-5-18-13(15)14(2)9-10-6-7-11(16-3)12(8-10)17-4/h6-8H,5,9H2,1-4H3. The van der Waals surface area contributed by atoms with Crippen LogP contribution in [-0.4, -0.2) is 38.9 Å². The maximum Gasteiger partial charge on any atom is 0.409 e. The van der Waals surface area contributed by atoms with E-state index in [1.165, 1.54) is 4.90 Å². The molecular weight excluding hydrogens is 234 g/mol. The highest BCUT2D eigenvalue weighted by atomic mass is 16.6. The molecule has 1 rings (SSSR count). The second-order valence-electron chi connectivity index (χ2n) is 3.74. The van der Waals surface area contributed by atoms with Gasteiger partial charge in [0.05, 0.1) is 20.8 Å². The van der Waals surface area contributed by atoms with Crippen LogP contribution in [0.3, 0.4) is 0 Å². The summed E-state index contributed by atoms with van der Waals surface area (Å²) in [6.07, 6.45) is -0.340. The van der Waals surface area contributed by atoms with Gasteiger partial charge in [-0.05, 0) is 24.6 Å². The van der Waals surface area contributed by atoms with Crippen LogP contribution in [0.5, 0.6) is 11.5 Å². The van der Waals surface area contributed by atoms with Gasteiger partial charge < -0.3 is 19.1 Å². The van der Waals surface area contributed by atoms with Crippen LogP contribution in [0.4, 0.5) is 4.79 Å². The van der Waals surface area contributed by atoms with Crippen LogP contribution in [0.15, 0.2) is 18.2 Å². The molecule has 1 aromatic carbocycles. The monoisotopic (exact) mass is 253 g/mol. The Hall–Kier alpha value is -1.91. The number of carbonyl (C=O) groups is 1. The van der Waals surface area contributed by atoms with Gasteiger partial charge in [-0.2, -0.15) is 0 Å². The fourth-order valence-electron chi connectivity index (χ4n) is 1.55. The molecule has 0 spiro atoms. The number of hydrogen-bond acceptors (Lipinski definition) is 4. The third-order valence-electron chi connectivity index (χ3n) is 2.45. The van der Waals surface area contributed by atoms with E-state index in [9.17, 15) is 4.79 Å². The molecule has 5 nitrogen and oxygen atoms in total. The number of hydrogen-bond donors (Lipinski definition) is 0. The molecule has 0 N–H and O–H groups in total. The number of methoxy groups -OCH3 is 2. The molecule has 0 atom stereocenters. The lowest BCUT2D eigenvalue weighted by Crippen LogP contribution is -2.26. The fraction of sp³-hybridized carbons (Fsp3) is 0.462. The fourth-order valence-corrected chi connectivity index (χ4v) is 1.55. The van der Waals surface area contributed by atoms with Gasteiger partial charge >= 0.3 is 6.09 Å². The van der Waals surface area contributed by atoms with E-state index in [1.807, 2.05) is 18.2 Å². The molecule has 0 unspecified atom stereocenters. The first-order valence-electron chi connectivity index (χ1n) is 5.71. The molecule has 1 amide bonds. The topological polar surface area (TPSA) is 48.0 Å². The highest BCUT2D eigenvalue weighted by Crippen LogP contribution is 2.27. The van der Waals surface area contributed by atoms with Crippen LogP contribution in [-0.2, 0) is 11.3 Å². The molecule has 0 bridgehead atoms. The third-order valence-corrected chi connectivity index (χ3v) is 2.45. The Morgan fingerprint density at radius 3 is 2.44 bits per heavy atom. The van der Waals surface area contributed by atoms with E-state index in [4.69, 9.17) is 14.2 Å². The third kappa shape index (κ3) is 3.55. The van der Waals surface area contributed by atoms with Gasteiger partial charge in [0.25, 0.3) is 0 Å². The second-order valence-corrected chi connectivity index (χ2v) is 3.74. The van der Waals surface area contributed by atoms with Gasteiger partial charge in [0.15, 0.2) is 11.5 Å². The first kappa shape index (κ1) is 14.2. The van der Waals surface area contributed by atoms with Gasteiger partial charge in [-0.1, -0.05) is 6.07 Å². The average Bonchev–Trinajstić information content (AvgIpc) is 2.38. The Labute approximate surface area is 107 Å². The zero-order valence-corrected chi connectivity index (χ0v) is 11.2. The quantitative estimate of drug-likeness (QED) is 0.807. The zero-order chi connectivity index (χ0) is 13.5. The van der Waals surface area contributed by atoms with Gasteiger partial charge in [-0.3, -0.25) is 0 Å². The maximum absolute atomic E-state index is 11.5. The van der Waals surface area contributed by atoms with E-state index in [2.05, 4.69) is 0 Å². The summed E-state index contributed by atoms with van der Waals surface area (Å²) in [5.74, 6) is 1.31. The maximum atomic E-state index is 11.5. The molecule has 0 saturated carbocycles. The summed E-state index contributed by atoms with van der Waals surface area (Å²) in [5.41, 5.74) is 0.947. The Morgan fingerprint density at radius 1 is 1.22 bits per heavy atom. The van der Waals surface area contributed by atoms with E-state index in [-0.39, 0.29) is 6.09 Å². The molecule has 1 aromatic rings. The van der Waals surface area contributed by atoms with Crippen molar-refractivity contribution in [3.8, 4) is 11.5 Å². The highest BCUT2D eigenvalue weighted by molar-refractivity contribution is 5.67. The van der Waals surface area contributed by atoms with E-state index in [0.29, 0.717) is 24.7 Å². The minimum absolute atomic E-state index is 0.340. The Morgan fingerprint density at radius 2 is 1.89 bits per heavy atom. The molecule has 0 fully saturated rings. The molecule has 0 saturated heterocycles. The van der Waals surface area contributed by atoms with E-state index in [1.54, 1.807) is 28.2 Å². The minimum atomic E-state index is -0.340. The van der Waals surface area contributed by atoms with Crippen molar-refractivity contribution in [2.75, 3.05) is 27.9 Å². The Bertz CT molecular complexity index is 406. The van der Waals surface area contributed by atoms with Gasteiger partial charge in [-0.25, -0.2) is 4.79 Å². The molecule has 18 heavy (non-hydrogen) atoms. The number of rotatable bonds is 5.